The number of rotatable bonds is 4. The fraction of sp³-hybridized carbons (Fsp3) is 0.214. The van der Waals surface area contributed by atoms with Gasteiger partial charge < -0.3 is 10.1 Å². The van der Waals surface area contributed by atoms with Crippen molar-refractivity contribution >= 4 is 0 Å². The lowest BCUT2D eigenvalue weighted by atomic mass is 10.2. The number of pyridine rings is 1. The van der Waals surface area contributed by atoms with Crippen LogP contribution in [0.1, 0.15) is 11.1 Å². The molecule has 0 unspecified atom stereocenters. The van der Waals surface area contributed by atoms with E-state index in [9.17, 15) is 4.39 Å². The Hall–Kier alpha value is -1.94. The van der Waals surface area contributed by atoms with Crippen molar-refractivity contribution in [3.63, 3.8) is 0 Å². The molecule has 0 fully saturated rings. The first kappa shape index (κ1) is 12.5. The number of aromatic nitrogens is 1. The summed E-state index contributed by atoms with van der Waals surface area (Å²) in [4.78, 5) is 4.20. The molecule has 18 heavy (non-hydrogen) atoms. The highest BCUT2D eigenvalue weighted by Crippen LogP contribution is 2.24. The molecule has 2 rings (SSSR count). The van der Waals surface area contributed by atoms with Gasteiger partial charge in [-0.2, -0.15) is 0 Å². The van der Waals surface area contributed by atoms with Crippen molar-refractivity contribution in [1.29, 1.82) is 0 Å². The first-order chi connectivity index (χ1) is 8.69. The summed E-state index contributed by atoms with van der Waals surface area (Å²) < 4.78 is 18.5. The van der Waals surface area contributed by atoms with E-state index in [4.69, 9.17) is 4.74 Å². The Bertz CT molecular complexity index is 526. The lowest BCUT2D eigenvalue weighted by Gasteiger charge is -2.08. The zero-order chi connectivity index (χ0) is 13.0. The van der Waals surface area contributed by atoms with Gasteiger partial charge in [-0.15, -0.1) is 0 Å². The van der Waals surface area contributed by atoms with Crippen LogP contribution >= 0.6 is 0 Å². The molecule has 0 spiro atoms. The lowest BCUT2D eigenvalue weighted by Crippen LogP contribution is -2.05. The van der Waals surface area contributed by atoms with Crippen LogP contribution in [0.3, 0.4) is 0 Å². The molecule has 0 aliphatic carbocycles. The van der Waals surface area contributed by atoms with Crippen LogP contribution in [0.25, 0.3) is 0 Å². The van der Waals surface area contributed by atoms with Gasteiger partial charge in [0.1, 0.15) is 11.6 Å². The second-order valence-corrected chi connectivity index (χ2v) is 4.05. The van der Waals surface area contributed by atoms with Crippen molar-refractivity contribution < 1.29 is 9.13 Å². The second kappa shape index (κ2) is 5.60. The molecule has 2 aromatic rings. The molecule has 0 aliphatic heterocycles. The molecule has 1 aromatic heterocycles. The molecule has 0 amide bonds. The van der Waals surface area contributed by atoms with Crippen molar-refractivity contribution in [2.75, 3.05) is 7.05 Å². The quantitative estimate of drug-likeness (QED) is 0.900. The van der Waals surface area contributed by atoms with E-state index in [1.807, 2.05) is 13.1 Å². The number of nitrogens with zero attached hydrogens (tertiary/aromatic N) is 1. The van der Waals surface area contributed by atoms with Gasteiger partial charge in [0.05, 0.1) is 0 Å². The van der Waals surface area contributed by atoms with Gasteiger partial charge in [-0.05, 0) is 43.3 Å². The highest BCUT2D eigenvalue weighted by atomic mass is 19.1. The van der Waals surface area contributed by atoms with Crippen molar-refractivity contribution in [2.24, 2.45) is 0 Å². The van der Waals surface area contributed by atoms with Crippen LogP contribution in [-0.2, 0) is 6.54 Å². The van der Waals surface area contributed by atoms with Gasteiger partial charge in [0, 0.05) is 18.8 Å². The van der Waals surface area contributed by atoms with Crippen LogP contribution in [-0.4, -0.2) is 12.0 Å². The van der Waals surface area contributed by atoms with Gasteiger partial charge in [0.25, 0.3) is 0 Å². The largest absolute Gasteiger partial charge is 0.439 e. The minimum atomic E-state index is -0.267. The molecule has 3 nitrogen and oxygen atoms in total. The van der Waals surface area contributed by atoms with Crippen LogP contribution in [0, 0.1) is 12.7 Å². The van der Waals surface area contributed by atoms with Gasteiger partial charge in [-0.25, -0.2) is 9.37 Å². The fourth-order valence-corrected chi connectivity index (χ4v) is 1.62. The van der Waals surface area contributed by atoms with E-state index >= 15 is 0 Å². The Morgan fingerprint density at radius 1 is 1.28 bits per heavy atom. The van der Waals surface area contributed by atoms with Crippen LogP contribution in [0.5, 0.6) is 11.6 Å². The zero-order valence-corrected chi connectivity index (χ0v) is 10.4. The van der Waals surface area contributed by atoms with E-state index in [-0.39, 0.29) is 5.82 Å². The second-order valence-electron chi connectivity index (χ2n) is 4.05. The third-order valence-electron chi connectivity index (χ3n) is 2.53. The van der Waals surface area contributed by atoms with Crippen molar-refractivity contribution in [2.45, 2.75) is 13.5 Å². The van der Waals surface area contributed by atoms with Crippen molar-refractivity contribution in [3.8, 4) is 11.6 Å². The summed E-state index contributed by atoms with van der Waals surface area (Å²) in [6, 6.07) is 8.16. The van der Waals surface area contributed by atoms with Crippen LogP contribution < -0.4 is 10.1 Å². The summed E-state index contributed by atoms with van der Waals surface area (Å²) in [7, 11) is 1.88. The van der Waals surface area contributed by atoms with Crippen LogP contribution in [0.2, 0.25) is 0 Å². The average Bonchev–Trinajstić information content (AvgIpc) is 2.35. The summed E-state index contributed by atoms with van der Waals surface area (Å²) in [5.74, 6) is 0.854. The molecular formula is C14H15FN2O. The van der Waals surface area contributed by atoms with E-state index in [2.05, 4.69) is 10.3 Å². The van der Waals surface area contributed by atoms with E-state index in [1.165, 1.54) is 12.1 Å². The van der Waals surface area contributed by atoms with E-state index in [0.29, 0.717) is 11.6 Å². The van der Waals surface area contributed by atoms with Crippen molar-refractivity contribution in [3.05, 3.63) is 53.5 Å². The smallest absolute Gasteiger partial charge is 0.219 e. The normalized spacial score (nSPS) is 10.4. The molecule has 0 radical (unpaired) electrons. The highest BCUT2D eigenvalue weighted by molar-refractivity contribution is 5.35. The lowest BCUT2D eigenvalue weighted by molar-refractivity contribution is 0.457. The summed E-state index contributed by atoms with van der Waals surface area (Å²) >= 11 is 0. The van der Waals surface area contributed by atoms with Gasteiger partial charge in [-0.3, -0.25) is 0 Å². The summed E-state index contributed by atoms with van der Waals surface area (Å²) in [5, 5.41) is 3.05. The first-order valence-electron chi connectivity index (χ1n) is 5.72. The molecule has 94 valence electrons. The standard InChI is InChI=1S/C14H15FN2O/c1-10-7-12(15)4-5-13(10)18-14-6-3-11(8-16-2)9-17-14/h3-7,9,16H,8H2,1-2H3. The molecule has 4 heteroatoms. The summed E-state index contributed by atoms with van der Waals surface area (Å²) in [5.41, 5.74) is 1.83. The number of ether oxygens (including phenoxy) is 1. The fourth-order valence-electron chi connectivity index (χ4n) is 1.62. The number of aryl methyl sites for hydroxylation is 1. The molecule has 0 saturated carbocycles. The summed E-state index contributed by atoms with van der Waals surface area (Å²) in [6.07, 6.45) is 1.75. The molecule has 0 aliphatic rings. The van der Waals surface area contributed by atoms with Crippen LogP contribution in [0.4, 0.5) is 4.39 Å². The highest BCUT2D eigenvalue weighted by Gasteiger charge is 2.03. The van der Waals surface area contributed by atoms with Crippen molar-refractivity contribution in [1.82, 2.24) is 10.3 Å². The van der Waals surface area contributed by atoms with Gasteiger partial charge in [-0.1, -0.05) is 6.07 Å². The maximum atomic E-state index is 12.9. The average molecular weight is 246 g/mol. The molecule has 0 bridgehead atoms. The molecule has 1 heterocycles. The van der Waals surface area contributed by atoms with Gasteiger partial charge in [0.2, 0.25) is 5.88 Å². The van der Waals surface area contributed by atoms with E-state index < -0.39 is 0 Å². The minimum Gasteiger partial charge on any atom is -0.439 e. The van der Waals surface area contributed by atoms with Gasteiger partial charge in [0.15, 0.2) is 0 Å². The Labute approximate surface area is 106 Å². The number of benzene rings is 1. The molecular weight excluding hydrogens is 231 g/mol. The Morgan fingerprint density at radius 2 is 2.11 bits per heavy atom. The topological polar surface area (TPSA) is 34.1 Å². The van der Waals surface area contributed by atoms with E-state index in [0.717, 1.165) is 17.7 Å². The van der Waals surface area contributed by atoms with Gasteiger partial charge >= 0.3 is 0 Å². The third-order valence-corrected chi connectivity index (χ3v) is 2.53. The number of nitrogens with one attached hydrogen (secondary N) is 1. The predicted molar refractivity (Wildman–Crippen MR) is 68.2 cm³/mol. The van der Waals surface area contributed by atoms with E-state index in [1.54, 1.807) is 25.3 Å². The molecule has 1 N–H and O–H groups in total. The molecule has 0 atom stereocenters. The third kappa shape index (κ3) is 3.05. The number of hydrogen-bond acceptors (Lipinski definition) is 3. The Balaban J connectivity index is 2.13. The minimum absolute atomic E-state index is 0.267. The monoisotopic (exact) mass is 246 g/mol. The molecule has 0 saturated heterocycles. The first-order valence-corrected chi connectivity index (χ1v) is 5.72. The maximum Gasteiger partial charge on any atom is 0.219 e. The Kier molecular flexibility index (Phi) is 3.89. The SMILES string of the molecule is CNCc1ccc(Oc2ccc(F)cc2C)nc1. The number of hydrogen-bond donors (Lipinski definition) is 1. The number of halogens is 1. The maximum absolute atomic E-state index is 12.9. The molecule has 1 aromatic carbocycles. The Morgan fingerprint density at radius 3 is 2.72 bits per heavy atom. The zero-order valence-electron chi connectivity index (χ0n) is 10.4. The summed E-state index contributed by atoms with van der Waals surface area (Å²) in [6.45, 7) is 2.57. The predicted octanol–water partition coefficient (Wildman–Crippen LogP) is 3.04. The van der Waals surface area contributed by atoms with Crippen LogP contribution in [0.15, 0.2) is 36.5 Å².